The van der Waals surface area contributed by atoms with Crippen LogP contribution in [0.5, 0.6) is 0 Å². The van der Waals surface area contributed by atoms with E-state index in [1.165, 1.54) is 22.4 Å². The summed E-state index contributed by atoms with van der Waals surface area (Å²) in [6.45, 7) is 10.0. The molecule has 1 aliphatic rings. The van der Waals surface area contributed by atoms with E-state index in [0.717, 1.165) is 52.8 Å². The number of carboxylic acids is 1. The summed E-state index contributed by atoms with van der Waals surface area (Å²) in [6, 6.07) is 6.42. The van der Waals surface area contributed by atoms with Crippen molar-refractivity contribution in [3.05, 3.63) is 51.3 Å². The number of aliphatic carboxylic acids is 1. The number of pyridine rings is 1. The van der Waals surface area contributed by atoms with E-state index in [0.29, 0.717) is 0 Å². The van der Waals surface area contributed by atoms with Crippen LogP contribution in [0.4, 0.5) is 5.69 Å². The molecule has 3 heterocycles. The normalized spacial score (nSPS) is 16.1. The molecule has 1 aromatic carbocycles. The molecule has 1 saturated heterocycles. The van der Waals surface area contributed by atoms with Crippen molar-refractivity contribution in [3.8, 4) is 5.69 Å². The van der Waals surface area contributed by atoms with Crippen molar-refractivity contribution in [1.29, 1.82) is 0 Å². The fraction of sp³-hybridized carbons (Fsp3) is 0.417. The van der Waals surface area contributed by atoms with Crippen molar-refractivity contribution >= 4 is 50.2 Å². The Balaban J connectivity index is 1.77. The van der Waals surface area contributed by atoms with E-state index < -0.39 is 11.3 Å². The molecule has 31 heavy (non-hydrogen) atoms. The van der Waals surface area contributed by atoms with Gasteiger partial charge in [-0.1, -0.05) is 15.9 Å². The molecule has 0 bridgehead atoms. The molecule has 0 radical (unpaired) electrons. The topological polar surface area (TPSA) is 58.4 Å². The van der Waals surface area contributed by atoms with Crippen molar-refractivity contribution in [2.45, 2.75) is 45.9 Å². The zero-order valence-electron chi connectivity index (χ0n) is 18.2. The summed E-state index contributed by atoms with van der Waals surface area (Å²) in [5, 5.41) is 9.59. The predicted molar refractivity (Wildman–Crippen MR) is 130 cm³/mol. The van der Waals surface area contributed by atoms with Crippen LogP contribution in [0.15, 0.2) is 28.9 Å². The van der Waals surface area contributed by atoms with Crippen molar-refractivity contribution in [2.75, 3.05) is 18.0 Å². The maximum absolute atomic E-state index is 11.3. The molecule has 0 aliphatic carbocycles. The summed E-state index contributed by atoms with van der Waals surface area (Å²) in [7, 11) is 0. The first kappa shape index (κ1) is 22.2. The fourth-order valence-corrected chi connectivity index (χ4v) is 5.79. The van der Waals surface area contributed by atoms with Crippen LogP contribution in [-0.4, -0.2) is 39.1 Å². The van der Waals surface area contributed by atoms with Gasteiger partial charge < -0.3 is 14.6 Å². The zero-order valence-corrected chi connectivity index (χ0v) is 20.6. The van der Waals surface area contributed by atoms with E-state index in [1.54, 1.807) is 0 Å². The minimum absolute atomic E-state index is 0.00704. The molecule has 1 fully saturated rings. The molecule has 1 N–H and O–H groups in total. The Kier molecular flexibility index (Phi) is 6.05. The minimum atomic E-state index is -0.921. The van der Waals surface area contributed by atoms with Crippen LogP contribution in [-0.2, 0) is 4.79 Å². The number of anilines is 1. The highest BCUT2D eigenvalue weighted by Gasteiger charge is 2.31. The smallest absolute Gasteiger partial charge is 0.321 e. The lowest BCUT2D eigenvalue weighted by molar-refractivity contribution is -0.137. The molecule has 0 spiro atoms. The number of piperidine rings is 1. The Labute approximate surface area is 196 Å². The average molecular weight is 505 g/mol. The number of alkyl halides is 1. The summed E-state index contributed by atoms with van der Waals surface area (Å²) >= 11 is 9.71. The van der Waals surface area contributed by atoms with E-state index >= 15 is 0 Å². The lowest BCUT2D eigenvalue weighted by Crippen LogP contribution is -2.38. The summed E-state index contributed by atoms with van der Waals surface area (Å²) in [6.07, 6.45) is 3.72. The molecule has 5 nitrogen and oxygen atoms in total. The SMILES string of the molecule is Cc1cc(N2CCC(C(Cl)C(=O)O)CC2)c2c(C)cn(-c3c(C)cc(Br)cc3C)c2n1. The number of halogens is 2. The van der Waals surface area contributed by atoms with Crippen LogP contribution in [0, 0.1) is 33.6 Å². The van der Waals surface area contributed by atoms with Crippen molar-refractivity contribution in [3.63, 3.8) is 0 Å². The minimum Gasteiger partial charge on any atom is -0.480 e. The van der Waals surface area contributed by atoms with Crippen LogP contribution in [0.2, 0.25) is 0 Å². The zero-order chi connectivity index (χ0) is 22.4. The number of carbonyl (C=O) groups is 1. The van der Waals surface area contributed by atoms with Gasteiger partial charge in [-0.15, -0.1) is 11.6 Å². The third-order valence-corrected chi connectivity index (χ3v) is 7.28. The summed E-state index contributed by atoms with van der Waals surface area (Å²) in [5.41, 5.74) is 7.83. The van der Waals surface area contributed by atoms with Gasteiger partial charge in [-0.2, -0.15) is 0 Å². The molecule has 3 aromatic rings. The van der Waals surface area contributed by atoms with Gasteiger partial charge in [0.2, 0.25) is 0 Å². The molecule has 4 rings (SSSR count). The number of aromatic nitrogens is 2. The maximum Gasteiger partial charge on any atom is 0.321 e. The van der Waals surface area contributed by atoms with E-state index in [2.05, 4.69) is 70.6 Å². The molecule has 164 valence electrons. The molecular formula is C24H27BrClN3O2. The second-order valence-electron chi connectivity index (χ2n) is 8.62. The van der Waals surface area contributed by atoms with Crippen molar-refractivity contribution in [2.24, 2.45) is 5.92 Å². The first-order valence-electron chi connectivity index (χ1n) is 10.6. The highest BCUT2D eigenvalue weighted by Crippen LogP contribution is 2.37. The number of fused-ring (bicyclic) bond motifs is 1. The van der Waals surface area contributed by atoms with Gasteiger partial charge in [0.25, 0.3) is 0 Å². The van der Waals surface area contributed by atoms with E-state index in [9.17, 15) is 9.90 Å². The van der Waals surface area contributed by atoms with Gasteiger partial charge in [-0.3, -0.25) is 4.79 Å². The first-order valence-corrected chi connectivity index (χ1v) is 11.8. The van der Waals surface area contributed by atoms with Crippen molar-refractivity contribution in [1.82, 2.24) is 9.55 Å². The summed E-state index contributed by atoms with van der Waals surface area (Å²) < 4.78 is 3.29. The van der Waals surface area contributed by atoms with Crippen LogP contribution >= 0.6 is 27.5 Å². The number of rotatable bonds is 4. The van der Waals surface area contributed by atoms with Crippen molar-refractivity contribution < 1.29 is 9.90 Å². The summed E-state index contributed by atoms with van der Waals surface area (Å²) in [5.74, 6) is -0.914. The van der Waals surface area contributed by atoms with Gasteiger partial charge in [0, 0.05) is 40.5 Å². The van der Waals surface area contributed by atoms with Gasteiger partial charge in [0.05, 0.1) is 5.69 Å². The van der Waals surface area contributed by atoms with E-state index in [4.69, 9.17) is 16.6 Å². The Morgan fingerprint density at radius 1 is 1.13 bits per heavy atom. The number of nitrogens with zero attached hydrogens (tertiary/aromatic N) is 3. The van der Waals surface area contributed by atoms with E-state index in [1.807, 2.05) is 6.92 Å². The Hall–Kier alpha value is -2.05. The molecule has 1 unspecified atom stereocenters. The van der Waals surface area contributed by atoms with Gasteiger partial charge >= 0.3 is 5.97 Å². The molecule has 2 aromatic heterocycles. The third-order valence-electron chi connectivity index (χ3n) is 6.28. The Morgan fingerprint density at radius 2 is 1.74 bits per heavy atom. The van der Waals surface area contributed by atoms with Gasteiger partial charge in [-0.05, 0) is 81.3 Å². The first-order chi connectivity index (χ1) is 14.7. The highest BCUT2D eigenvalue weighted by atomic mass is 79.9. The monoisotopic (exact) mass is 503 g/mol. The molecule has 0 saturated carbocycles. The summed E-state index contributed by atoms with van der Waals surface area (Å²) in [4.78, 5) is 18.6. The maximum atomic E-state index is 11.3. The molecule has 1 aliphatic heterocycles. The lowest BCUT2D eigenvalue weighted by atomic mass is 9.92. The second kappa shape index (κ2) is 8.47. The highest BCUT2D eigenvalue weighted by molar-refractivity contribution is 9.10. The fourth-order valence-electron chi connectivity index (χ4n) is 4.85. The molecular weight excluding hydrogens is 478 g/mol. The Morgan fingerprint density at radius 3 is 2.32 bits per heavy atom. The van der Waals surface area contributed by atoms with Crippen LogP contribution in [0.3, 0.4) is 0 Å². The number of hydrogen-bond donors (Lipinski definition) is 1. The van der Waals surface area contributed by atoms with Gasteiger partial charge in [0.15, 0.2) is 0 Å². The third kappa shape index (κ3) is 4.08. The number of carboxylic acid groups (broad SMARTS) is 1. The quantitative estimate of drug-likeness (QED) is 0.447. The van der Waals surface area contributed by atoms with Crippen LogP contribution in [0.1, 0.15) is 35.2 Å². The predicted octanol–water partition coefficient (Wildman–Crippen LogP) is 5.93. The standard InChI is InChI=1S/C24H27BrClN3O2/c1-13-9-18(25)10-14(2)22(13)29-12-15(3)20-19(11-16(4)27-23(20)29)28-7-5-17(6-8-28)21(26)24(30)31/h9-12,17,21H,5-8H2,1-4H3,(H,30,31). The number of benzene rings is 1. The second-order valence-corrected chi connectivity index (χ2v) is 10.0. The largest absolute Gasteiger partial charge is 0.480 e. The Bertz CT molecular complexity index is 1140. The van der Waals surface area contributed by atoms with Gasteiger partial charge in [0.1, 0.15) is 11.0 Å². The van der Waals surface area contributed by atoms with Crippen LogP contribution in [0.25, 0.3) is 16.7 Å². The van der Waals surface area contributed by atoms with Crippen LogP contribution < -0.4 is 4.90 Å². The van der Waals surface area contributed by atoms with Gasteiger partial charge in [-0.25, -0.2) is 4.98 Å². The lowest BCUT2D eigenvalue weighted by Gasteiger charge is -2.35. The number of aryl methyl sites for hydroxylation is 4. The molecule has 1 atom stereocenters. The average Bonchev–Trinajstić information content (AvgIpc) is 3.02. The number of hydrogen-bond acceptors (Lipinski definition) is 3. The molecule has 7 heteroatoms. The van der Waals surface area contributed by atoms with E-state index in [-0.39, 0.29) is 5.92 Å². The molecule has 0 amide bonds.